The average molecular weight is 324 g/mol. The fraction of sp³-hybridized carbons (Fsp3) is 0.222. The Kier molecular flexibility index (Phi) is 6.01. The predicted molar refractivity (Wildman–Crippen MR) is 90.6 cm³/mol. The van der Waals surface area contributed by atoms with Crippen molar-refractivity contribution < 1.29 is 23.8 Å². The molecule has 0 heterocycles. The maximum Gasteiger partial charge on any atom is 0.310 e. The third-order valence-electron chi connectivity index (χ3n) is 3.26. The minimum absolute atomic E-state index is 0.121. The minimum Gasteiger partial charge on any atom is -0.493 e. The summed E-state index contributed by atoms with van der Waals surface area (Å²) in [5.41, 5.74) is 1.51. The molecule has 0 amide bonds. The number of carbonyl (C=O) groups is 2. The highest BCUT2D eigenvalue weighted by molar-refractivity contribution is 6.32. The average Bonchev–Trinajstić information content (AvgIpc) is 2.57. The summed E-state index contributed by atoms with van der Waals surface area (Å²) >= 11 is 0. The molecule has 0 aromatic heterocycles. The van der Waals surface area contributed by atoms with Gasteiger partial charge in [-0.2, -0.15) is 0 Å². The van der Waals surface area contributed by atoms with Crippen molar-refractivity contribution >= 4 is 25.6 Å². The Bertz CT molecular complexity index is 742. The maximum absolute atomic E-state index is 11.6. The third-order valence-corrected chi connectivity index (χ3v) is 3.26. The van der Waals surface area contributed by atoms with Crippen molar-refractivity contribution in [2.24, 2.45) is 0 Å². The first-order valence-electron chi connectivity index (χ1n) is 7.42. The van der Waals surface area contributed by atoms with Gasteiger partial charge in [0.1, 0.15) is 13.6 Å². The van der Waals surface area contributed by atoms with Gasteiger partial charge in [-0.1, -0.05) is 23.7 Å². The molecule has 5 nitrogen and oxygen atoms in total. The van der Waals surface area contributed by atoms with Crippen LogP contribution in [0.1, 0.15) is 22.8 Å². The lowest BCUT2D eigenvalue weighted by molar-refractivity contribution is -0.142. The van der Waals surface area contributed by atoms with E-state index in [1.54, 1.807) is 37.3 Å². The van der Waals surface area contributed by atoms with Crippen LogP contribution in [-0.4, -0.2) is 33.8 Å². The molecule has 2 rings (SSSR count). The number of methoxy groups -OCH3 is 1. The monoisotopic (exact) mass is 324 g/mol. The van der Waals surface area contributed by atoms with Crippen LogP contribution in [0, 0.1) is 0 Å². The molecule has 0 N–H and O–H groups in total. The summed E-state index contributed by atoms with van der Waals surface area (Å²) < 4.78 is 16.0. The summed E-state index contributed by atoms with van der Waals surface area (Å²) in [5.74, 6) is 0.906. The second-order valence-electron chi connectivity index (χ2n) is 4.98. The molecule has 0 unspecified atom stereocenters. The smallest absolute Gasteiger partial charge is 0.310 e. The maximum atomic E-state index is 11.6. The number of ether oxygens (including phenoxy) is 3. The zero-order valence-electron chi connectivity index (χ0n) is 13.6. The van der Waals surface area contributed by atoms with Gasteiger partial charge in [-0.3, -0.25) is 9.59 Å². The van der Waals surface area contributed by atoms with Crippen LogP contribution in [0.3, 0.4) is 0 Å². The lowest BCUT2D eigenvalue weighted by atomic mass is 9.94. The first-order chi connectivity index (χ1) is 11.6. The van der Waals surface area contributed by atoms with E-state index in [0.717, 1.165) is 0 Å². The summed E-state index contributed by atoms with van der Waals surface area (Å²) in [4.78, 5) is 22.8. The number of hydrogen-bond donors (Lipinski definition) is 0. The summed E-state index contributed by atoms with van der Waals surface area (Å²) in [7, 11) is 7.18. The van der Waals surface area contributed by atoms with Gasteiger partial charge in [-0.25, -0.2) is 0 Å². The second kappa shape index (κ2) is 8.20. The quantitative estimate of drug-likeness (QED) is 0.444. The van der Waals surface area contributed by atoms with Gasteiger partial charge >= 0.3 is 5.97 Å². The Labute approximate surface area is 141 Å². The Balaban J connectivity index is 2.31. The SMILES string of the molecule is [B]c1ccc(Oc2cc(CC(=O)OCC)ccc2OC)c(C=O)c1. The molecule has 2 radical (unpaired) electrons. The molecule has 0 fully saturated rings. The molecule has 0 atom stereocenters. The largest absolute Gasteiger partial charge is 0.493 e. The highest BCUT2D eigenvalue weighted by atomic mass is 16.5. The number of aldehydes is 1. The van der Waals surface area contributed by atoms with Gasteiger partial charge in [-0.15, -0.1) is 0 Å². The Morgan fingerprint density at radius 1 is 1.12 bits per heavy atom. The topological polar surface area (TPSA) is 61.8 Å². The van der Waals surface area contributed by atoms with E-state index in [1.807, 2.05) is 0 Å². The molecule has 0 aliphatic carbocycles. The second-order valence-corrected chi connectivity index (χ2v) is 4.98. The first kappa shape index (κ1) is 17.6. The molecule has 0 saturated heterocycles. The zero-order chi connectivity index (χ0) is 17.5. The summed E-state index contributed by atoms with van der Waals surface area (Å²) in [6.45, 7) is 2.08. The molecular weight excluding hydrogens is 307 g/mol. The molecule has 122 valence electrons. The molecule has 2 aromatic carbocycles. The molecule has 2 aromatic rings. The fourth-order valence-corrected chi connectivity index (χ4v) is 2.16. The summed E-state index contributed by atoms with van der Waals surface area (Å²) in [6.07, 6.45) is 0.789. The molecule has 24 heavy (non-hydrogen) atoms. The van der Waals surface area contributed by atoms with Gasteiger partial charge in [0.2, 0.25) is 0 Å². The van der Waals surface area contributed by atoms with Crippen LogP contribution in [0.25, 0.3) is 0 Å². The van der Waals surface area contributed by atoms with Gasteiger partial charge in [0.25, 0.3) is 0 Å². The highest BCUT2D eigenvalue weighted by Gasteiger charge is 2.12. The molecule has 0 aliphatic rings. The molecule has 0 saturated carbocycles. The lowest BCUT2D eigenvalue weighted by Gasteiger charge is -2.13. The van der Waals surface area contributed by atoms with Crippen LogP contribution in [0.15, 0.2) is 36.4 Å². The van der Waals surface area contributed by atoms with E-state index in [-0.39, 0.29) is 12.4 Å². The summed E-state index contributed by atoms with van der Waals surface area (Å²) in [6, 6.07) is 9.90. The van der Waals surface area contributed by atoms with Gasteiger partial charge in [0.15, 0.2) is 17.8 Å². The van der Waals surface area contributed by atoms with Gasteiger partial charge in [0, 0.05) is 0 Å². The fourth-order valence-electron chi connectivity index (χ4n) is 2.16. The normalized spacial score (nSPS) is 10.1. The Morgan fingerprint density at radius 3 is 2.54 bits per heavy atom. The standard InChI is InChI=1S/C18H17BO5/c1-3-23-18(21)9-12-4-6-16(22-2)17(8-12)24-15-7-5-14(19)10-13(15)11-20/h4-8,10-11H,3,9H2,1-2H3. The van der Waals surface area contributed by atoms with Gasteiger partial charge in [-0.05, 0) is 30.7 Å². The van der Waals surface area contributed by atoms with Crippen molar-refractivity contribution in [1.82, 2.24) is 0 Å². The van der Waals surface area contributed by atoms with Crippen molar-refractivity contribution in [3.63, 3.8) is 0 Å². The Morgan fingerprint density at radius 2 is 1.88 bits per heavy atom. The highest BCUT2D eigenvalue weighted by Crippen LogP contribution is 2.33. The van der Waals surface area contributed by atoms with Crippen molar-refractivity contribution in [3.8, 4) is 17.2 Å². The van der Waals surface area contributed by atoms with Crippen LogP contribution >= 0.6 is 0 Å². The number of esters is 1. The molecular formula is C18H17BO5. The van der Waals surface area contributed by atoms with E-state index in [9.17, 15) is 9.59 Å². The zero-order valence-corrected chi connectivity index (χ0v) is 13.6. The Hall–Kier alpha value is -2.76. The minimum atomic E-state index is -0.324. The van der Waals surface area contributed by atoms with E-state index in [0.29, 0.717) is 46.7 Å². The predicted octanol–water partition coefficient (Wildman–Crippen LogP) is 2.20. The van der Waals surface area contributed by atoms with Gasteiger partial charge < -0.3 is 14.2 Å². The first-order valence-corrected chi connectivity index (χ1v) is 7.42. The van der Waals surface area contributed by atoms with Crippen LogP contribution in [0.5, 0.6) is 17.2 Å². The van der Waals surface area contributed by atoms with Crippen molar-refractivity contribution in [2.45, 2.75) is 13.3 Å². The lowest BCUT2D eigenvalue weighted by Crippen LogP contribution is -2.08. The van der Waals surface area contributed by atoms with E-state index >= 15 is 0 Å². The van der Waals surface area contributed by atoms with E-state index in [4.69, 9.17) is 22.1 Å². The summed E-state index contributed by atoms with van der Waals surface area (Å²) in [5, 5.41) is 0. The third kappa shape index (κ3) is 4.38. The molecule has 0 aliphatic heterocycles. The number of benzene rings is 2. The van der Waals surface area contributed by atoms with Crippen LogP contribution in [-0.2, 0) is 16.0 Å². The van der Waals surface area contributed by atoms with Crippen LogP contribution in [0.2, 0.25) is 0 Å². The number of rotatable bonds is 7. The molecule has 6 heteroatoms. The van der Waals surface area contributed by atoms with Crippen molar-refractivity contribution in [1.29, 1.82) is 0 Å². The molecule has 0 bridgehead atoms. The van der Waals surface area contributed by atoms with E-state index < -0.39 is 0 Å². The number of carbonyl (C=O) groups excluding carboxylic acids is 2. The van der Waals surface area contributed by atoms with Crippen molar-refractivity contribution in [3.05, 3.63) is 47.5 Å². The van der Waals surface area contributed by atoms with Crippen LogP contribution < -0.4 is 14.9 Å². The molecule has 0 spiro atoms. The van der Waals surface area contributed by atoms with E-state index in [1.165, 1.54) is 13.2 Å². The van der Waals surface area contributed by atoms with Crippen molar-refractivity contribution in [2.75, 3.05) is 13.7 Å². The van der Waals surface area contributed by atoms with Gasteiger partial charge in [0.05, 0.1) is 25.7 Å². The number of hydrogen-bond acceptors (Lipinski definition) is 5. The van der Waals surface area contributed by atoms with E-state index in [2.05, 4.69) is 0 Å². The van der Waals surface area contributed by atoms with Crippen LogP contribution in [0.4, 0.5) is 0 Å².